The Labute approximate surface area is 209 Å². The highest BCUT2D eigenvalue weighted by Gasteiger charge is 2.33. The second-order valence-electron chi connectivity index (χ2n) is 10.1. The molecule has 190 valence electrons. The van der Waals surface area contributed by atoms with Crippen molar-refractivity contribution < 1.29 is 23.8 Å². The maximum absolute atomic E-state index is 14.3. The number of fused-ring (bicyclic) bond motifs is 3. The van der Waals surface area contributed by atoms with Crippen molar-refractivity contribution in [2.24, 2.45) is 0 Å². The van der Waals surface area contributed by atoms with Crippen molar-refractivity contribution in [1.29, 1.82) is 0 Å². The maximum Gasteiger partial charge on any atom is 0.414 e. The molecule has 7 nitrogen and oxygen atoms in total. The predicted octanol–water partition coefficient (Wildman–Crippen LogP) is 5.92. The van der Waals surface area contributed by atoms with Crippen molar-refractivity contribution in [3.8, 4) is 0 Å². The molecule has 8 heteroatoms. The van der Waals surface area contributed by atoms with Crippen LogP contribution in [-0.4, -0.2) is 39.9 Å². The minimum Gasteiger partial charge on any atom is -0.481 e. The minimum absolute atomic E-state index is 0.00612. The Hall–Kier alpha value is -3.42. The summed E-state index contributed by atoms with van der Waals surface area (Å²) in [6.45, 7) is 3.67. The van der Waals surface area contributed by atoms with E-state index in [1.54, 1.807) is 24.0 Å². The Balaban J connectivity index is 1.64. The van der Waals surface area contributed by atoms with Gasteiger partial charge in [0.25, 0.3) is 0 Å². The Morgan fingerprint density at radius 2 is 1.94 bits per heavy atom. The van der Waals surface area contributed by atoms with Crippen LogP contribution in [0.5, 0.6) is 0 Å². The fourth-order valence-corrected chi connectivity index (χ4v) is 5.89. The first-order valence-corrected chi connectivity index (χ1v) is 12.7. The summed E-state index contributed by atoms with van der Waals surface area (Å²) in [6.07, 6.45) is 5.58. The van der Waals surface area contributed by atoms with E-state index in [0.29, 0.717) is 17.0 Å². The van der Waals surface area contributed by atoms with E-state index in [2.05, 4.69) is 4.57 Å². The van der Waals surface area contributed by atoms with Crippen molar-refractivity contribution in [3.63, 3.8) is 0 Å². The number of hydrogen-bond acceptors (Lipinski definition) is 4. The molecule has 2 heterocycles. The number of carboxylic acids is 1. The highest BCUT2D eigenvalue weighted by atomic mass is 19.1. The average Bonchev–Trinajstić information content (AvgIpc) is 3.51. The molecule has 1 N–H and O–H groups in total. The van der Waals surface area contributed by atoms with Gasteiger partial charge >= 0.3 is 12.1 Å². The SMILES string of the molecule is COC(=O)N1c2ccc3c(nc(C[C@@H](C(=O)O)c4ccc(C)c(F)c4)n3C3CCCC3)c2CC[C@@H]1C. The van der Waals surface area contributed by atoms with Crippen LogP contribution in [0.2, 0.25) is 0 Å². The first-order chi connectivity index (χ1) is 17.3. The lowest BCUT2D eigenvalue weighted by molar-refractivity contribution is -0.138. The van der Waals surface area contributed by atoms with Gasteiger partial charge in [0, 0.05) is 24.1 Å². The number of amides is 1. The van der Waals surface area contributed by atoms with Crippen LogP contribution in [0.25, 0.3) is 11.0 Å². The largest absolute Gasteiger partial charge is 0.481 e. The fraction of sp³-hybridized carbons (Fsp3) is 0.464. The number of rotatable bonds is 5. The molecule has 1 saturated carbocycles. The van der Waals surface area contributed by atoms with E-state index in [-0.39, 0.29) is 18.5 Å². The molecule has 2 aliphatic rings. The van der Waals surface area contributed by atoms with Crippen LogP contribution in [0.15, 0.2) is 30.3 Å². The van der Waals surface area contributed by atoms with Crippen LogP contribution in [-0.2, 0) is 22.4 Å². The van der Waals surface area contributed by atoms with Gasteiger partial charge < -0.3 is 14.4 Å². The molecule has 0 spiro atoms. The van der Waals surface area contributed by atoms with Crippen molar-refractivity contribution in [2.45, 2.75) is 76.8 Å². The number of anilines is 1. The number of carbonyl (C=O) groups excluding carboxylic acids is 1. The number of hydrogen-bond donors (Lipinski definition) is 1. The molecule has 0 unspecified atom stereocenters. The summed E-state index contributed by atoms with van der Waals surface area (Å²) in [4.78, 5) is 31.6. The molecule has 0 bridgehead atoms. The Morgan fingerprint density at radius 3 is 2.61 bits per heavy atom. The van der Waals surface area contributed by atoms with Crippen molar-refractivity contribution in [2.75, 3.05) is 12.0 Å². The van der Waals surface area contributed by atoms with E-state index < -0.39 is 23.8 Å². The van der Waals surface area contributed by atoms with Crippen LogP contribution in [0.3, 0.4) is 0 Å². The molecule has 1 aromatic heterocycles. The van der Waals surface area contributed by atoms with Gasteiger partial charge in [0.1, 0.15) is 11.6 Å². The number of ether oxygens (including phenoxy) is 1. The van der Waals surface area contributed by atoms with Gasteiger partial charge in [-0.2, -0.15) is 0 Å². The number of halogens is 1. The lowest BCUT2D eigenvalue weighted by Gasteiger charge is -2.34. The van der Waals surface area contributed by atoms with Gasteiger partial charge in [-0.3, -0.25) is 9.69 Å². The molecule has 5 rings (SSSR count). The summed E-state index contributed by atoms with van der Waals surface area (Å²) in [6, 6.07) is 8.85. The summed E-state index contributed by atoms with van der Waals surface area (Å²) in [7, 11) is 1.38. The number of carboxylic acid groups (broad SMARTS) is 1. The molecular formula is C28H32FN3O4. The molecule has 1 aliphatic heterocycles. The highest BCUT2D eigenvalue weighted by Crippen LogP contribution is 2.40. The van der Waals surface area contributed by atoms with E-state index in [4.69, 9.17) is 9.72 Å². The summed E-state index contributed by atoms with van der Waals surface area (Å²) < 4.78 is 21.6. The average molecular weight is 494 g/mol. The molecule has 1 fully saturated rings. The standard InChI is InChI=1S/C28H32FN3O4/c1-16-8-10-18(14-22(16)29)21(27(33)34)15-25-30-26-20-11-9-17(2)31(28(35)36-3)23(20)12-13-24(26)32(25)19-6-4-5-7-19/h8,10,12-14,17,19,21H,4-7,9,11,15H2,1-3H3,(H,33,34)/t17-,21+/m0/s1. The highest BCUT2D eigenvalue weighted by molar-refractivity contribution is 5.95. The quantitative estimate of drug-likeness (QED) is 0.477. The van der Waals surface area contributed by atoms with Crippen molar-refractivity contribution in [3.05, 3.63) is 58.7 Å². The molecular weight excluding hydrogens is 461 g/mol. The molecule has 0 saturated heterocycles. The zero-order chi connectivity index (χ0) is 25.6. The van der Waals surface area contributed by atoms with Gasteiger partial charge in [0.05, 0.1) is 29.7 Å². The topological polar surface area (TPSA) is 84.7 Å². The number of imidazole rings is 1. The number of aryl methyl sites for hydroxylation is 2. The fourth-order valence-electron chi connectivity index (χ4n) is 5.89. The Bertz CT molecular complexity index is 1330. The third-order valence-corrected chi connectivity index (χ3v) is 7.87. The first-order valence-electron chi connectivity index (χ1n) is 12.7. The monoisotopic (exact) mass is 493 g/mol. The first kappa shape index (κ1) is 24.3. The summed E-state index contributed by atoms with van der Waals surface area (Å²) >= 11 is 0. The van der Waals surface area contributed by atoms with Gasteiger partial charge in [-0.25, -0.2) is 14.2 Å². The van der Waals surface area contributed by atoms with E-state index in [1.807, 2.05) is 19.1 Å². The smallest absolute Gasteiger partial charge is 0.414 e. The number of aromatic nitrogens is 2. The van der Waals surface area contributed by atoms with Gasteiger partial charge in [-0.15, -0.1) is 0 Å². The van der Waals surface area contributed by atoms with Gasteiger partial charge in [-0.05, 0) is 68.9 Å². The van der Waals surface area contributed by atoms with Crippen molar-refractivity contribution >= 4 is 28.8 Å². The van der Waals surface area contributed by atoms with Gasteiger partial charge in [0.2, 0.25) is 0 Å². The van der Waals surface area contributed by atoms with Crippen LogP contribution in [0, 0.1) is 12.7 Å². The summed E-state index contributed by atoms with van der Waals surface area (Å²) in [5.74, 6) is -1.63. The van der Waals surface area contributed by atoms with Crippen LogP contribution in [0.1, 0.15) is 73.5 Å². The van der Waals surface area contributed by atoms with Gasteiger partial charge in [-0.1, -0.05) is 25.0 Å². The van der Waals surface area contributed by atoms with E-state index >= 15 is 0 Å². The van der Waals surface area contributed by atoms with E-state index in [0.717, 1.165) is 60.8 Å². The van der Waals surface area contributed by atoms with E-state index in [1.165, 1.54) is 13.2 Å². The zero-order valence-electron chi connectivity index (χ0n) is 21.0. The normalized spacial score (nSPS) is 18.9. The third-order valence-electron chi connectivity index (χ3n) is 7.87. The van der Waals surface area contributed by atoms with Gasteiger partial charge in [0.15, 0.2) is 0 Å². The second kappa shape index (κ2) is 9.56. The lowest BCUT2D eigenvalue weighted by atomic mass is 9.94. The second-order valence-corrected chi connectivity index (χ2v) is 10.1. The zero-order valence-corrected chi connectivity index (χ0v) is 21.0. The number of methoxy groups -OCH3 is 1. The molecule has 2 aromatic carbocycles. The van der Waals surface area contributed by atoms with Crippen LogP contribution < -0.4 is 4.90 Å². The van der Waals surface area contributed by atoms with Crippen LogP contribution in [0.4, 0.5) is 14.9 Å². The Morgan fingerprint density at radius 1 is 1.19 bits per heavy atom. The number of benzene rings is 2. The van der Waals surface area contributed by atoms with Crippen molar-refractivity contribution in [1.82, 2.24) is 9.55 Å². The minimum atomic E-state index is -1.00. The molecule has 1 amide bonds. The number of aliphatic carboxylic acids is 1. The van der Waals surface area contributed by atoms with Crippen LogP contribution >= 0.6 is 0 Å². The van der Waals surface area contributed by atoms with E-state index in [9.17, 15) is 19.1 Å². The summed E-state index contributed by atoms with van der Waals surface area (Å²) in [5, 5.41) is 10.1. The third kappa shape index (κ3) is 4.12. The Kier molecular flexibility index (Phi) is 6.45. The molecule has 36 heavy (non-hydrogen) atoms. The maximum atomic E-state index is 14.3. The number of carbonyl (C=O) groups is 2. The predicted molar refractivity (Wildman–Crippen MR) is 135 cm³/mol. The summed E-state index contributed by atoms with van der Waals surface area (Å²) in [5.41, 5.74) is 4.48. The molecule has 3 aromatic rings. The molecule has 0 radical (unpaired) electrons. The molecule has 2 atom stereocenters. The number of nitrogens with zero attached hydrogens (tertiary/aromatic N) is 3. The lowest BCUT2D eigenvalue weighted by Crippen LogP contribution is -2.42. The molecule has 1 aliphatic carbocycles.